The molecule has 0 aromatic carbocycles. The minimum atomic E-state index is 0.539. The van der Waals surface area contributed by atoms with E-state index in [0.717, 1.165) is 16.9 Å². The average Bonchev–Trinajstić information content (AvgIpc) is 2.34. The van der Waals surface area contributed by atoms with Crippen LogP contribution in [0.4, 0.5) is 0 Å². The molecular weight excluding hydrogens is 162 g/mol. The molecule has 0 fully saturated rings. The molecule has 2 rings (SSSR count). The van der Waals surface area contributed by atoms with Crippen LogP contribution in [0.5, 0.6) is 0 Å². The molecule has 4 heteroatoms. The maximum atomic E-state index is 5.85. The Labute approximate surface area is 68.4 Å². The maximum absolute atomic E-state index is 5.85. The lowest BCUT2D eigenvalue weighted by atomic mass is 10.4. The second-order valence-corrected chi connectivity index (χ2v) is 2.74. The highest BCUT2D eigenvalue weighted by atomic mass is 35.5. The van der Waals surface area contributed by atoms with Gasteiger partial charge < -0.3 is 0 Å². The Morgan fingerprint density at radius 3 is 3.27 bits per heavy atom. The second kappa shape index (κ2) is 2.20. The van der Waals surface area contributed by atoms with Crippen LogP contribution in [0.1, 0.15) is 5.82 Å². The Balaban J connectivity index is 2.91. The summed E-state index contributed by atoms with van der Waals surface area (Å²) in [5.74, 6) is 0.810. The minimum absolute atomic E-state index is 0.539. The summed E-state index contributed by atoms with van der Waals surface area (Å²) in [6.45, 7) is 1.87. The first-order valence-corrected chi connectivity index (χ1v) is 3.67. The van der Waals surface area contributed by atoms with Crippen LogP contribution in [0.15, 0.2) is 12.3 Å². The van der Waals surface area contributed by atoms with Crippen LogP contribution in [0.25, 0.3) is 11.0 Å². The Kier molecular flexibility index (Phi) is 1.32. The van der Waals surface area contributed by atoms with Gasteiger partial charge in [0.05, 0.1) is 6.20 Å². The van der Waals surface area contributed by atoms with E-state index in [-0.39, 0.29) is 0 Å². The molecule has 2 N–H and O–H groups in total. The highest BCUT2D eigenvalue weighted by Crippen LogP contribution is 2.15. The third-order valence-electron chi connectivity index (χ3n) is 1.54. The van der Waals surface area contributed by atoms with Gasteiger partial charge in [0, 0.05) is 6.92 Å². The van der Waals surface area contributed by atoms with Crippen LogP contribution in [0.3, 0.4) is 0 Å². The lowest BCUT2D eigenvalue weighted by Gasteiger charge is -1.87. The van der Waals surface area contributed by atoms with Crippen molar-refractivity contribution in [1.82, 2.24) is 9.97 Å². The van der Waals surface area contributed by atoms with Crippen molar-refractivity contribution in [2.24, 2.45) is 0 Å². The number of aryl methyl sites for hydroxylation is 1. The molecule has 0 unspecified atom stereocenters. The molecule has 11 heavy (non-hydrogen) atoms. The van der Waals surface area contributed by atoms with Crippen molar-refractivity contribution in [2.75, 3.05) is 0 Å². The molecule has 0 saturated carbocycles. The van der Waals surface area contributed by atoms with Gasteiger partial charge in [-0.05, 0) is 17.7 Å². The zero-order valence-corrected chi connectivity index (χ0v) is 6.74. The first kappa shape index (κ1) is 6.61. The summed E-state index contributed by atoms with van der Waals surface area (Å²) in [7, 11) is 0. The van der Waals surface area contributed by atoms with E-state index >= 15 is 0 Å². The minimum Gasteiger partial charge on any atom is -0.279 e. The van der Waals surface area contributed by atoms with Crippen molar-refractivity contribution in [1.29, 1.82) is 0 Å². The summed E-state index contributed by atoms with van der Waals surface area (Å²) in [6, 6.07) is 1.89. The smallest absolute Gasteiger partial charge is 0.235 e. The highest BCUT2D eigenvalue weighted by molar-refractivity contribution is 6.33. The number of rotatable bonds is 0. The molecule has 56 valence electrons. The first-order valence-electron chi connectivity index (χ1n) is 3.30. The van der Waals surface area contributed by atoms with Crippen LogP contribution >= 0.6 is 11.6 Å². The standard InChI is InChI=1S/C7H6ClN3/c1-4-10-6(8)5-2-3-9-7(5)11-4/h2-3H,1H3,(H,9,10,11)/p+1. The summed E-state index contributed by atoms with van der Waals surface area (Å²) in [5.41, 5.74) is 0.919. The van der Waals surface area contributed by atoms with Gasteiger partial charge in [-0.3, -0.25) is 4.98 Å². The van der Waals surface area contributed by atoms with E-state index < -0.39 is 0 Å². The molecule has 0 amide bonds. The van der Waals surface area contributed by atoms with Gasteiger partial charge in [0.25, 0.3) is 0 Å². The predicted molar refractivity (Wildman–Crippen MR) is 42.4 cm³/mol. The van der Waals surface area contributed by atoms with E-state index in [0.29, 0.717) is 5.15 Å². The second-order valence-electron chi connectivity index (χ2n) is 2.38. The van der Waals surface area contributed by atoms with Gasteiger partial charge in [0.15, 0.2) is 0 Å². The number of fused-ring (bicyclic) bond motifs is 1. The van der Waals surface area contributed by atoms with Gasteiger partial charge in [-0.2, -0.15) is 0 Å². The zero-order valence-electron chi connectivity index (χ0n) is 5.98. The Hall–Kier alpha value is -1.09. The topological polar surface area (TPSA) is 42.8 Å². The summed E-state index contributed by atoms with van der Waals surface area (Å²) in [5, 5.41) is 1.47. The number of nitrogens with zero attached hydrogens (tertiary/aromatic N) is 1. The molecule has 0 radical (unpaired) electrons. The zero-order chi connectivity index (χ0) is 7.84. The lowest BCUT2D eigenvalue weighted by molar-refractivity contribution is -0.362. The number of nitrogens with one attached hydrogen (secondary N) is 2. The third-order valence-corrected chi connectivity index (χ3v) is 1.83. The number of hydrogen-bond acceptors (Lipinski definition) is 1. The fourth-order valence-corrected chi connectivity index (χ4v) is 1.35. The van der Waals surface area contributed by atoms with E-state index in [1.54, 1.807) is 0 Å². The van der Waals surface area contributed by atoms with Gasteiger partial charge in [-0.25, -0.2) is 4.98 Å². The molecule has 0 spiro atoms. The summed E-state index contributed by atoms with van der Waals surface area (Å²) in [6.07, 6.45) is 1.83. The normalized spacial score (nSPS) is 10.7. The Morgan fingerprint density at radius 1 is 1.64 bits per heavy atom. The summed E-state index contributed by atoms with van der Waals surface area (Å²) < 4.78 is 0. The molecule has 3 nitrogen and oxygen atoms in total. The largest absolute Gasteiger partial charge is 0.279 e. The van der Waals surface area contributed by atoms with Gasteiger partial charge >= 0.3 is 0 Å². The number of hydrogen-bond donors (Lipinski definition) is 1. The molecule has 2 heterocycles. The molecule has 2 aromatic rings. The Morgan fingerprint density at radius 2 is 2.45 bits per heavy atom. The number of aromatic amines is 2. The SMILES string of the molecule is Cc1nc(Cl)c2cc[nH]c2[nH+]1. The first-order chi connectivity index (χ1) is 5.27. The van der Waals surface area contributed by atoms with Crippen LogP contribution in [-0.2, 0) is 0 Å². The van der Waals surface area contributed by atoms with Crippen molar-refractivity contribution in [3.63, 3.8) is 0 Å². The van der Waals surface area contributed by atoms with Gasteiger partial charge in [0.1, 0.15) is 5.39 Å². The molecule has 0 aliphatic heterocycles. The number of halogens is 1. The average molecular weight is 169 g/mol. The van der Waals surface area contributed by atoms with Crippen molar-refractivity contribution in [2.45, 2.75) is 6.92 Å². The van der Waals surface area contributed by atoms with E-state index in [1.807, 2.05) is 19.2 Å². The van der Waals surface area contributed by atoms with Crippen LogP contribution < -0.4 is 4.98 Å². The molecule has 0 atom stereocenters. The number of H-pyrrole nitrogens is 2. The summed E-state index contributed by atoms with van der Waals surface area (Å²) in [4.78, 5) is 10.1. The molecule has 2 aromatic heterocycles. The molecule has 0 bridgehead atoms. The molecule has 0 aliphatic carbocycles. The molecule has 0 saturated heterocycles. The van der Waals surface area contributed by atoms with Gasteiger partial charge in [0.2, 0.25) is 16.6 Å². The van der Waals surface area contributed by atoms with E-state index in [9.17, 15) is 0 Å². The van der Waals surface area contributed by atoms with Gasteiger partial charge in [-0.1, -0.05) is 4.98 Å². The van der Waals surface area contributed by atoms with Crippen molar-refractivity contribution in [3.8, 4) is 0 Å². The molecule has 0 aliphatic rings. The van der Waals surface area contributed by atoms with Crippen molar-refractivity contribution >= 4 is 22.6 Å². The molecular formula is C7H7ClN3+. The quantitative estimate of drug-likeness (QED) is 0.593. The third kappa shape index (κ3) is 0.973. The maximum Gasteiger partial charge on any atom is 0.235 e. The highest BCUT2D eigenvalue weighted by Gasteiger charge is 2.08. The van der Waals surface area contributed by atoms with Crippen molar-refractivity contribution in [3.05, 3.63) is 23.2 Å². The van der Waals surface area contributed by atoms with Gasteiger partial charge in [-0.15, -0.1) is 0 Å². The van der Waals surface area contributed by atoms with E-state index in [1.165, 1.54) is 0 Å². The summed E-state index contributed by atoms with van der Waals surface area (Å²) >= 11 is 5.85. The van der Waals surface area contributed by atoms with Crippen LogP contribution in [0.2, 0.25) is 5.15 Å². The van der Waals surface area contributed by atoms with E-state index in [4.69, 9.17) is 11.6 Å². The van der Waals surface area contributed by atoms with E-state index in [2.05, 4.69) is 15.0 Å². The monoisotopic (exact) mass is 168 g/mol. The lowest BCUT2D eigenvalue weighted by Crippen LogP contribution is -2.10. The number of aromatic nitrogens is 3. The van der Waals surface area contributed by atoms with Crippen molar-refractivity contribution < 1.29 is 4.98 Å². The van der Waals surface area contributed by atoms with Crippen LogP contribution in [0, 0.1) is 6.92 Å². The Bertz CT molecular complexity index is 393. The predicted octanol–water partition coefficient (Wildman–Crippen LogP) is 1.34. The van der Waals surface area contributed by atoms with Crippen LogP contribution in [-0.4, -0.2) is 9.97 Å². The fourth-order valence-electron chi connectivity index (χ4n) is 1.06. The fraction of sp³-hybridized carbons (Fsp3) is 0.143.